The predicted molar refractivity (Wildman–Crippen MR) is 251 cm³/mol. The third-order valence-corrected chi connectivity index (χ3v) is 18.0. The van der Waals surface area contributed by atoms with E-state index in [0.717, 1.165) is 45.1 Å². The summed E-state index contributed by atoms with van der Waals surface area (Å²) in [5.41, 5.74) is 14.3. The van der Waals surface area contributed by atoms with Gasteiger partial charge in [0.15, 0.2) is 0 Å². The van der Waals surface area contributed by atoms with Gasteiger partial charge in [0, 0.05) is 0 Å². The Balaban J connectivity index is 1.40. The summed E-state index contributed by atoms with van der Waals surface area (Å²) in [5, 5.41) is 4.98. The second-order valence-corrected chi connectivity index (χ2v) is 25.5. The number of hydrogen-bond acceptors (Lipinski definition) is 4. The molecule has 0 amide bonds. The predicted octanol–water partition coefficient (Wildman–Crippen LogP) is 12.8. The molecule has 2 N–H and O–H groups in total. The molecule has 6 heterocycles. The molecule has 0 atom stereocenters. The molecule has 0 saturated heterocycles. The zero-order valence-electron chi connectivity index (χ0n) is 36.9. The summed E-state index contributed by atoms with van der Waals surface area (Å²) in [5.74, 6) is 3.60. The molecule has 60 heavy (non-hydrogen) atoms. The van der Waals surface area contributed by atoms with E-state index in [2.05, 4.69) is 142 Å². The monoisotopic (exact) mass is 930 g/mol. The van der Waals surface area contributed by atoms with Crippen molar-refractivity contribution in [2.24, 2.45) is 0 Å². The van der Waals surface area contributed by atoms with Crippen LogP contribution in [-0.4, -0.2) is 65.4 Å². The number of fused-ring (bicyclic) bond motifs is 4. The summed E-state index contributed by atoms with van der Waals surface area (Å²) in [6, 6.07) is 19.5. The van der Waals surface area contributed by atoms with Crippen molar-refractivity contribution >= 4 is 72.6 Å². The molecule has 0 spiro atoms. The number of H-pyrrole nitrogens is 2. The minimum absolute atomic E-state index is 0.0874. The number of aromatic amines is 2. The third kappa shape index (κ3) is 5.70. The average Bonchev–Trinajstić information content (AvgIpc) is 3.95. The second-order valence-electron chi connectivity index (χ2n) is 21.3. The molecule has 3 aliphatic rings. The van der Waals surface area contributed by atoms with E-state index in [1.807, 2.05) is 0 Å². The van der Waals surface area contributed by atoms with Crippen molar-refractivity contribution in [1.82, 2.24) is 9.97 Å². The van der Waals surface area contributed by atoms with Gasteiger partial charge in [-0.25, -0.2) is 0 Å². The first-order chi connectivity index (χ1) is 28.3. The van der Waals surface area contributed by atoms with Crippen molar-refractivity contribution in [3.8, 4) is 63.0 Å². The van der Waals surface area contributed by atoms with E-state index in [4.69, 9.17) is 18.9 Å². The van der Waals surface area contributed by atoms with E-state index in [0.29, 0.717) is 26.4 Å². The number of hydrogen-bond donors (Lipinski definition) is 2. The second kappa shape index (κ2) is 12.6. The molecule has 2 aliphatic heterocycles. The number of aromatic nitrogens is 2. The van der Waals surface area contributed by atoms with Crippen LogP contribution in [0, 0.1) is 0 Å². The van der Waals surface area contributed by atoms with E-state index in [9.17, 15) is 0 Å². The maximum absolute atomic E-state index is 6.77. The standard InChI is InChI=1S/C52H54N2O4Se2/c1-49(2,3)25-17-29-30-18-26(50(4,5)6)22-34-38(30)53-37(29)33(21-25)45-41-42(56-14-13-55-41)46(59-45)35-23-27(51(7,8)9)19-31-32-20-28(52(10,11)12)24-36(40(32)54-39(31)35)48-44-43(47(34)60-48)57-15-16-58-44/h17-24,53-54H,13-16H2,1-12H3. The van der Waals surface area contributed by atoms with Crippen LogP contribution in [0.2, 0.25) is 0 Å². The molecule has 4 aromatic heterocycles. The Bertz CT molecular complexity index is 2730. The molecule has 308 valence electrons. The average molecular weight is 929 g/mol. The van der Waals surface area contributed by atoms with Crippen LogP contribution in [0.15, 0.2) is 48.5 Å². The molecular weight excluding hydrogens is 875 g/mol. The Hall–Kier alpha value is -4.32. The molecule has 8 heteroatoms. The van der Waals surface area contributed by atoms with Crippen LogP contribution in [0.4, 0.5) is 0 Å². The van der Waals surface area contributed by atoms with Gasteiger partial charge in [0.2, 0.25) is 0 Å². The Kier molecular flexibility index (Phi) is 8.12. The van der Waals surface area contributed by atoms with Gasteiger partial charge in [-0.2, -0.15) is 0 Å². The Morgan fingerprint density at radius 1 is 0.350 bits per heavy atom. The SMILES string of the molecule is CC(C)(C)c1cc2c3[nH]c4c(cc(C(C)(C)C)cc4c3c1)-c1[se]c(c3c1OCCO3)-c1cc(C(C)(C)C)cc3c1[nH]c1c(cc(C(C)(C)C)cc13)-c1[se]c-2c2c1OCCO2. The Morgan fingerprint density at radius 3 is 0.767 bits per heavy atom. The quantitative estimate of drug-likeness (QED) is 0.149. The normalized spacial score (nSPS) is 15.3. The molecule has 16 bridgehead atoms. The minimum atomic E-state index is -0.139. The van der Waals surface area contributed by atoms with Crippen molar-refractivity contribution < 1.29 is 18.9 Å². The van der Waals surface area contributed by atoms with E-state index in [1.165, 1.54) is 83.8 Å². The van der Waals surface area contributed by atoms with Crippen molar-refractivity contribution in [1.29, 1.82) is 0 Å². The topological polar surface area (TPSA) is 68.5 Å². The Morgan fingerprint density at radius 2 is 0.567 bits per heavy atom. The van der Waals surface area contributed by atoms with E-state index < -0.39 is 0 Å². The molecule has 1 aliphatic carbocycles. The molecule has 6 nitrogen and oxygen atoms in total. The van der Waals surface area contributed by atoms with Crippen molar-refractivity contribution in [3.63, 3.8) is 0 Å². The van der Waals surface area contributed by atoms with Crippen LogP contribution < -0.4 is 18.9 Å². The van der Waals surface area contributed by atoms with Gasteiger partial charge < -0.3 is 0 Å². The summed E-state index contributed by atoms with van der Waals surface area (Å²) in [6.45, 7) is 30.0. The van der Waals surface area contributed by atoms with Crippen LogP contribution >= 0.6 is 0 Å². The number of benzene rings is 4. The zero-order chi connectivity index (χ0) is 42.0. The first-order valence-corrected chi connectivity index (χ1v) is 24.8. The molecule has 4 aromatic carbocycles. The summed E-state index contributed by atoms with van der Waals surface area (Å²) in [6.07, 6.45) is 0. The van der Waals surface area contributed by atoms with Crippen molar-refractivity contribution in [2.75, 3.05) is 26.4 Å². The first-order valence-electron chi connectivity index (χ1n) is 21.4. The van der Waals surface area contributed by atoms with Gasteiger partial charge in [-0.3, -0.25) is 0 Å². The maximum atomic E-state index is 6.77. The fourth-order valence-corrected chi connectivity index (χ4v) is 14.4. The van der Waals surface area contributed by atoms with Crippen molar-refractivity contribution in [3.05, 3.63) is 70.8 Å². The summed E-state index contributed by atoms with van der Waals surface area (Å²) in [7, 11) is 0. The fourth-order valence-electron chi connectivity index (χ4n) is 9.27. The summed E-state index contributed by atoms with van der Waals surface area (Å²) < 4.78 is 32.1. The van der Waals surface area contributed by atoms with Gasteiger partial charge in [-0.15, -0.1) is 0 Å². The van der Waals surface area contributed by atoms with Gasteiger partial charge in [-0.1, -0.05) is 0 Å². The van der Waals surface area contributed by atoms with Gasteiger partial charge in [0.1, 0.15) is 0 Å². The molecular formula is C52H54N2O4Se2. The van der Waals surface area contributed by atoms with Gasteiger partial charge in [0.25, 0.3) is 0 Å². The molecule has 11 rings (SSSR count). The molecule has 0 saturated carbocycles. The van der Waals surface area contributed by atoms with Crippen molar-refractivity contribution in [2.45, 2.75) is 105 Å². The molecule has 0 radical (unpaired) electrons. The van der Waals surface area contributed by atoms with E-state index in [-0.39, 0.29) is 50.7 Å². The van der Waals surface area contributed by atoms with Gasteiger partial charge in [0.05, 0.1) is 0 Å². The van der Waals surface area contributed by atoms with E-state index >= 15 is 0 Å². The number of rotatable bonds is 0. The van der Waals surface area contributed by atoms with Gasteiger partial charge >= 0.3 is 366 Å². The van der Waals surface area contributed by atoms with Crippen LogP contribution in [0.3, 0.4) is 0 Å². The fraction of sp³-hybridized carbons (Fsp3) is 0.385. The van der Waals surface area contributed by atoms with Crippen LogP contribution in [0.5, 0.6) is 23.0 Å². The van der Waals surface area contributed by atoms with Gasteiger partial charge in [-0.05, 0) is 0 Å². The molecule has 8 aromatic rings. The Labute approximate surface area is 364 Å². The van der Waals surface area contributed by atoms with Crippen LogP contribution in [0.25, 0.3) is 83.6 Å². The third-order valence-electron chi connectivity index (χ3n) is 12.9. The van der Waals surface area contributed by atoms with Crippen LogP contribution in [-0.2, 0) is 21.7 Å². The zero-order valence-corrected chi connectivity index (χ0v) is 40.3. The first kappa shape index (κ1) is 38.6. The molecule has 0 fully saturated rings. The van der Waals surface area contributed by atoms with Crippen LogP contribution in [0.1, 0.15) is 105 Å². The summed E-state index contributed by atoms with van der Waals surface area (Å²) in [4.78, 5) is 8.25. The number of ether oxygens (including phenoxy) is 4. The summed E-state index contributed by atoms with van der Waals surface area (Å²) >= 11 is -0.277. The molecule has 0 unspecified atom stereocenters. The van der Waals surface area contributed by atoms with E-state index in [1.54, 1.807) is 0 Å². The number of nitrogens with one attached hydrogen (secondary N) is 2.